The number of rotatable bonds is 5. The summed E-state index contributed by atoms with van der Waals surface area (Å²) in [5.41, 5.74) is 11.8. The molecule has 0 spiro atoms. The third-order valence-electron chi connectivity index (χ3n) is 9.49. The van der Waals surface area contributed by atoms with Crippen LogP contribution in [-0.4, -0.2) is 4.98 Å². The van der Waals surface area contributed by atoms with Crippen LogP contribution in [0.2, 0.25) is 0 Å². The Labute approximate surface area is 280 Å². The molecule has 0 radical (unpaired) electrons. The van der Waals surface area contributed by atoms with Gasteiger partial charge in [0, 0.05) is 11.8 Å². The molecule has 1 heterocycles. The summed E-state index contributed by atoms with van der Waals surface area (Å²) in [6, 6.07) is 65.9. The highest BCUT2D eigenvalue weighted by Gasteiger charge is 2.16. The molecule has 0 amide bonds. The van der Waals surface area contributed by atoms with Crippen LogP contribution in [-0.2, 0) is 0 Å². The van der Waals surface area contributed by atoms with Gasteiger partial charge in [0.1, 0.15) is 0 Å². The Morgan fingerprint density at radius 1 is 0.292 bits per heavy atom. The number of fused-ring (bicyclic) bond motifs is 3. The average molecular weight is 610 g/mol. The van der Waals surface area contributed by atoms with Crippen LogP contribution in [0.5, 0.6) is 0 Å². The van der Waals surface area contributed by atoms with E-state index in [-0.39, 0.29) is 0 Å². The van der Waals surface area contributed by atoms with Crippen molar-refractivity contribution in [2.24, 2.45) is 0 Å². The van der Waals surface area contributed by atoms with Gasteiger partial charge in [0.2, 0.25) is 0 Å². The smallest absolute Gasteiger partial charge is 0.0702 e. The van der Waals surface area contributed by atoms with E-state index in [1.54, 1.807) is 0 Å². The van der Waals surface area contributed by atoms with Gasteiger partial charge >= 0.3 is 0 Å². The Morgan fingerprint density at radius 3 is 1.50 bits per heavy atom. The van der Waals surface area contributed by atoms with Crippen LogP contribution in [0.4, 0.5) is 0 Å². The lowest BCUT2D eigenvalue weighted by atomic mass is 9.86. The standard InChI is InChI=1S/C47H31N/c1-3-12-34-28-39(23-21-32(34)10-1)42-25-26-44(47-43(18-9-19-45(42)47)40-24-22-33-11-2-4-13-35(33)29-40)38-16-7-14-36(30-38)37-15-8-17-41(31-37)46-20-5-6-27-48-46/h1-31H. The number of hydrogen-bond donors (Lipinski definition) is 0. The van der Waals surface area contributed by atoms with Crippen molar-refractivity contribution in [3.8, 4) is 55.8 Å². The van der Waals surface area contributed by atoms with Gasteiger partial charge in [0.15, 0.2) is 0 Å². The summed E-state index contributed by atoms with van der Waals surface area (Å²) in [6.45, 7) is 0. The number of hydrogen-bond acceptors (Lipinski definition) is 1. The molecule has 8 aromatic carbocycles. The maximum atomic E-state index is 4.59. The fourth-order valence-corrected chi connectivity index (χ4v) is 7.11. The summed E-state index contributed by atoms with van der Waals surface area (Å²) in [5, 5.41) is 7.50. The molecule has 0 fully saturated rings. The molecule has 0 saturated heterocycles. The van der Waals surface area contributed by atoms with E-state index >= 15 is 0 Å². The van der Waals surface area contributed by atoms with Gasteiger partial charge < -0.3 is 0 Å². The van der Waals surface area contributed by atoms with Gasteiger partial charge in [-0.3, -0.25) is 4.98 Å². The van der Waals surface area contributed by atoms with Crippen molar-refractivity contribution < 1.29 is 0 Å². The second kappa shape index (κ2) is 11.8. The second-order valence-corrected chi connectivity index (χ2v) is 12.4. The quantitative estimate of drug-likeness (QED) is 0.189. The predicted molar refractivity (Wildman–Crippen MR) is 204 cm³/mol. The summed E-state index contributed by atoms with van der Waals surface area (Å²) in [5.74, 6) is 0. The molecule has 0 unspecified atom stereocenters. The molecule has 0 saturated carbocycles. The first kappa shape index (κ1) is 28.0. The molecule has 1 nitrogen and oxygen atoms in total. The van der Waals surface area contributed by atoms with Crippen LogP contribution >= 0.6 is 0 Å². The van der Waals surface area contributed by atoms with Gasteiger partial charge in [-0.05, 0) is 113 Å². The summed E-state index contributed by atoms with van der Waals surface area (Å²) >= 11 is 0. The Morgan fingerprint density at radius 2 is 0.812 bits per heavy atom. The first-order chi connectivity index (χ1) is 23.8. The molecule has 0 N–H and O–H groups in total. The molecule has 48 heavy (non-hydrogen) atoms. The molecule has 0 aliphatic carbocycles. The monoisotopic (exact) mass is 609 g/mol. The van der Waals surface area contributed by atoms with Crippen molar-refractivity contribution in [3.05, 3.63) is 188 Å². The number of nitrogens with zero attached hydrogens (tertiary/aromatic N) is 1. The SMILES string of the molecule is c1ccc(-c2cccc(-c3cccc(-c4ccc(-c5ccc6ccccc6c5)c5cccc(-c6ccc7ccccc7c6)c45)c3)c2)nc1. The van der Waals surface area contributed by atoms with E-state index in [0.29, 0.717) is 0 Å². The highest BCUT2D eigenvalue weighted by molar-refractivity contribution is 6.13. The number of benzene rings is 8. The van der Waals surface area contributed by atoms with Crippen LogP contribution in [0.1, 0.15) is 0 Å². The average Bonchev–Trinajstić information content (AvgIpc) is 3.17. The zero-order chi connectivity index (χ0) is 31.9. The molecule has 0 aliphatic heterocycles. The summed E-state index contributed by atoms with van der Waals surface area (Å²) < 4.78 is 0. The minimum atomic E-state index is 0.978. The molecular weight excluding hydrogens is 579 g/mol. The van der Waals surface area contributed by atoms with E-state index in [4.69, 9.17) is 0 Å². The molecule has 0 aliphatic rings. The topological polar surface area (TPSA) is 12.9 Å². The lowest BCUT2D eigenvalue weighted by Gasteiger charge is -2.17. The zero-order valence-electron chi connectivity index (χ0n) is 26.3. The van der Waals surface area contributed by atoms with Crippen molar-refractivity contribution in [2.75, 3.05) is 0 Å². The van der Waals surface area contributed by atoms with E-state index in [1.807, 2.05) is 18.3 Å². The van der Waals surface area contributed by atoms with Gasteiger partial charge in [0.25, 0.3) is 0 Å². The molecule has 0 atom stereocenters. The van der Waals surface area contributed by atoms with Gasteiger partial charge in [-0.1, -0.05) is 146 Å². The molecule has 1 heteroatoms. The fraction of sp³-hybridized carbons (Fsp3) is 0. The van der Waals surface area contributed by atoms with E-state index in [0.717, 1.165) is 11.3 Å². The fourth-order valence-electron chi connectivity index (χ4n) is 7.11. The Kier molecular flexibility index (Phi) is 6.87. The van der Waals surface area contributed by atoms with Crippen molar-refractivity contribution >= 4 is 32.3 Å². The molecule has 9 rings (SSSR count). The van der Waals surface area contributed by atoms with Crippen LogP contribution in [0.15, 0.2) is 188 Å². The van der Waals surface area contributed by atoms with Crippen molar-refractivity contribution in [2.45, 2.75) is 0 Å². The van der Waals surface area contributed by atoms with Crippen LogP contribution in [0, 0.1) is 0 Å². The van der Waals surface area contributed by atoms with Gasteiger partial charge in [-0.25, -0.2) is 0 Å². The second-order valence-electron chi connectivity index (χ2n) is 12.4. The molecule has 224 valence electrons. The maximum Gasteiger partial charge on any atom is 0.0702 e. The molecule has 0 bridgehead atoms. The van der Waals surface area contributed by atoms with Crippen molar-refractivity contribution in [1.29, 1.82) is 0 Å². The third-order valence-corrected chi connectivity index (χ3v) is 9.49. The van der Waals surface area contributed by atoms with Gasteiger partial charge in [0.05, 0.1) is 5.69 Å². The summed E-state index contributed by atoms with van der Waals surface area (Å²) in [7, 11) is 0. The number of pyridine rings is 1. The first-order valence-electron chi connectivity index (χ1n) is 16.4. The van der Waals surface area contributed by atoms with E-state index < -0.39 is 0 Å². The molecular formula is C47H31N. The Balaban J connectivity index is 1.26. The normalized spacial score (nSPS) is 11.3. The van der Waals surface area contributed by atoms with Crippen LogP contribution in [0.3, 0.4) is 0 Å². The zero-order valence-corrected chi connectivity index (χ0v) is 26.3. The Hall–Kier alpha value is -6.31. The lowest BCUT2D eigenvalue weighted by Crippen LogP contribution is -1.91. The summed E-state index contributed by atoms with van der Waals surface area (Å²) in [6.07, 6.45) is 1.85. The molecule has 9 aromatic rings. The van der Waals surface area contributed by atoms with Gasteiger partial charge in [-0.2, -0.15) is 0 Å². The van der Waals surface area contributed by atoms with E-state index in [9.17, 15) is 0 Å². The van der Waals surface area contributed by atoms with Crippen molar-refractivity contribution in [1.82, 2.24) is 4.98 Å². The number of aromatic nitrogens is 1. The molecule has 1 aromatic heterocycles. The maximum absolute atomic E-state index is 4.59. The van der Waals surface area contributed by atoms with Crippen molar-refractivity contribution in [3.63, 3.8) is 0 Å². The lowest BCUT2D eigenvalue weighted by molar-refractivity contribution is 1.33. The summed E-state index contributed by atoms with van der Waals surface area (Å²) in [4.78, 5) is 4.59. The predicted octanol–water partition coefficient (Wildman–Crippen LogP) is 12.9. The van der Waals surface area contributed by atoms with E-state index in [1.165, 1.54) is 76.8 Å². The minimum absolute atomic E-state index is 0.978. The van der Waals surface area contributed by atoms with Gasteiger partial charge in [-0.15, -0.1) is 0 Å². The minimum Gasteiger partial charge on any atom is -0.256 e. The first-order valence-corrected chi connectivity index (χ1v) is 16.4. The highest BCUT2D eigenvalue weighted by Crippen LogP contribution is 2.43. The largest absolute Gasteiger partial charge is 0.256 e. The van der Waals surface area contributed by atoms with E-state index in [2.05, 4.69) is 175 Å². The highest BCUT2D eigenvalue weighted by atomic mass is 14.7. The van der Waals surface area contributed by atoms with Crippen LogP contribution in [0.25, 0.3) is 88.1 Å². The Bertz CT molecular complexity index is 2620. The third kappa shape index (κ3) is 5.03. The van der Waals surface area contributed by atoms with Crippen LogP contribution < -0.4 is 0 Å².